The first-order valence-electron chi connectivity index (χ1n) is 9.22. The summed E-state index contributed by atoms with van der Waals surface area (Å²) in [5.74, 6) is -2.75. The lowest BCUT2D eigenvalue weighted by molar-refractivity contribution is -0.192. The SMILES string of the molecule is O=C(O)C(F)(F)F.O=C(O)CCSSCCNC(=O)C1CC(=O)N(Cc2ccccn2)C1. The van der Waals surface area contributed by atoms with Crippen LogP contribution in [0.2, 0.25) is 0 Å². The van der Waals surface area contributed by atoms with Crippen LogP contribution in [-0.2, 0) is 25.7 Å². The molecular weight excluding hydrogens is 475 g/mol. The summed E-state index contributed by atoms with van der Waals surface area (Å²) in [7, 11) is 3.02. The summed E-state index contributed by atoms with van der Waals surface area (Å²) in [6, 6.07) is 5.56. The fourth-order valence-electron chi connectivity index (χ4n) is 2.39. The molecule has 2 amide bonds. The Morgan fingerprint density at radius 1 is 1.19 bits per heavy atom. The molecule has 2 rings (SSSR count). The number of hydrogen-bond donors (Lipinski definition) is 3. The first kappa shape index (κ1) is 27.6. The third kappa shape index (κ3) is 11.2. The molecule has 1 aliphatic heterocycles. The number of aromatic nitrogens is 1. The molecule has 1 aromatic heterocycles. The Morgan fingerprint density at radius 2 is 1.84 bits per heavy atom. The monoisotopic (exact) mass is 497 g/mol. The molecule has 1 unspecified atom stereocenters. The van der Waals surface area contributed by atoms with E-state index < -0.39 is 18.1 Å². The Kier molecular flexibility index (Phi) is 11.9. The fraction of sp³-hybridized carbons (Fsp3) is 0.500. The highest BCUT2D eigenvalue weighted by Crippen LogP contribution is 2.22. The number of nitrogens with one attached hydrogen (secondary N) is 1. The standard InChI is InChI=1S/C16H21N3O4S2.C2HF3O2/c20-14-9-12(10-19(14)11-13-3-1-2-5-17-13)16(23)18-6-8-25-24-7-4-15(21)22;3-2(4,5)1(6)7/h1-3,5,12H,4,6-11H2,(H,18,23)(H,21,22);(H,6,7). The van der Waals surface area contributed by atoms with Gasteiger partial charge in [-0.1, -0.05) is 27.7 Å². The number of carbonyl (C=O) groups excluding carboxylic acids is 2. The highest BCUT2D eigenvalue weighted by atomic mass is 33.1. The van der Waals surface area contributed by atoms with Gasteiger partial charge in [-0.3, -0.25) is 19.4 Å². The third-order valence-corrected chi connectivity index (χ3v) is 6.28. The number of carboxylic acid groups (broad SMARTS) is 2. The zero-order chi connectivity index (χ0) is 24.1. The van der Waals surface area contributed by atoms with Crippen LogP contribution in [-0.4, -0.2) is 74.6 Å². The number of hydrogen-bond acceptors (Lipinski definition) is 7. The molecule has 1 atom stereocenters. The van der Waals surface area contributed by atoms with Crippen molar-refractivity contribution in [3.63, 3.8) is 0 Å². The largest absolute Gasteiger partial charge is 0.490 e. The molecule has 0 aromatic carbocycles. The van der Waals surface area contributed by atoms with E-state index in [4.69, 9.17) is 15.0 Å². The van der Waals surface area contributed by atoms with Gasteiger partial charge in [-0.25, -0.2) is 4.79 Å². The molecule has 3 N–H and O–H groups in total. The molecule has 14 heteroatoms. The van der Waals surface area contributed by atoms with E-state index in [1.165, 1.54) is 21.6 Å². The maximum atomic E-state index is 12.2. The smallest absolute Gasteiger partial charge is 0.481 e. The maximum Gasteiger partial charge on any atom is 0.490 e. The summed E-state index contributed by atoms with van der Waals surface area (Å²) in [4.78, 5) is 49.4. The van der Waals surface area contributed by atoms with Gasteiger partial charge in [-0.05, 0) is 12.1 Å². The van der Waals surface area contributed by atoms with Crippen LogP contribution in [0.5, 0.6) is 0 Å². The molecule has 32 heavy (non-hydrogen) atoms. The van der Waals surface area contributed by atoms with Crippen molar-refractivity contribution in [1.29, 1.82) is 0 Å². The second-order valence-electron chi connectivity index (χ2n) is 6.38. The van der Waals surface area contributed by atoms with Gasteiger partial charge in [-0.15, -0.1) is 0 Å². The maximum absolute atomic E-state index is 12.2. The molecule has 0 bridgehead atoms. The van der Waals surface area contributed by atoms with E-state index in [1.54, 1.807) is 11.1 Å². The first-order valence-corrected chi connectivity index (χ1v) is 11.7. The van der Waals surface area contributed by atoms with E-state index in [0.717, 1.165) is 5.69 Å². The summed E-state index contributed by atoms with van der Waals surface area (Å²) in [5.41, 5.74) is 0.812. The Bertz CT molecular complexity index is 783. The summed E-state index contributed by atoms with van der Waals surface area (Å²) >= 11 is 0. The van der Waals surface area contributed by atoms with Crippen molar-refractivity contribution in [3.05, 3.63) is 30.1 Å². The minimum atomic E-state index is -5.08. The molecule has 0 spiro atoms. The van der Waals surface area contributed by atoms with Crippen molar-refractivity contribution in [3.8, 4) is 0 Å². The molecule has 178 valence electrons. The zero-order valence-corrected chi connectivity index (χ0v) is 18.3. The van der Waals surface area contributed by atoms with Crippen LogP contribution in [0.15, 0.2) is 24.4 Å². The lowest BCUT2D eigenvalue weighted by atomic mass is 10.1. The molecule has 0 aliphatic carbocycles. The first-order chi connectivity index (χ1) is 15.0. The average molecular weight is 498 g/mol. The number of aliphatic carboxylic acids is 2. The van der Waals surface area contributed by atoms with Crippen LogP contribution in [0, 0.1) is 5.92 Å². The quantitative estimate of drug-likeness (QED) is 0.328. The van der Waals surface area contributed by atoms with E-state index in [9.17, 15) is 27.6 Å². The van der Waals surface area contributed by atoms with E-state index in [2.05, 4.69) is 10.3 Å². The molecule has 2 heterocycles. The van der Waals surface area contributed by atoms with Gasteiger partial charge in [0.05, 0.1) is 24.6 Å². The van der Waals surface area contributed by atoms with Gasteiger partial charge in [0.1, 0.15) is 0 Å². The van der Waals surface area contributed by atoms with Gasteiger partial charge in [0.2, 0.25) is 11.8 Å². The molecule has 1 fully saturated rings. The Balaban J connectivity index is 0.000000633. The van der Waals surface area contributed by atoms with Crippen molar-refractivity contribution in [2.45, 2.75) is 25.6 Å². The highest BCUT2D eigenvalue weighted by molar-refractivity contribution is 8.76. The van der Waals surface area contributed by atoms with Crippen LogP contribution < -0.4 is 5.32 Å². The third-order valence-electron chi connectivity index (χ3n) is 3.87. The number of nitrogens with zero attached hydrogens (tertiary/aromatic N) is 2. The highest BCUT2D eigenvalue weighted by Gasteiger charge is 2.38. The summed E-state index contributed by atoms with van der Waals surface area (Å²) < 4.78 is 31.7. The lowest BCUT2D eigenvalue weighted by Crippen LogP contribution is -2.34. The second-order valence-corrected chi connectivity index (χ2v) is 9.08. The van der Waals surface area contributed by atoms with Gasteiger partial charge >= 0.3 is 18.1 Å². The molecule has 1 aromatic rings. The van der Waals surface area contributed by atoms with Crippen LogP contribution in [0.1, 0.15) is 18.5 Å². The number of carboxylic acids is 2. The molecule has 0 radical (unpaired) electrons. The van der Waals surface area contributed by atoms with E-state index in [1.807, 2.05) is 18.2 Å². The van der Waals surface area contributed by atoms with E-state index >= 15 is 0 Å². The van der Waals surface area contributed by atoms with Crippen LogP contribution in [0.25, 0.3) is 0 Å². The minimum Gasteiger partial charge on any atom is -0.481 e. The van der Waals surface area contributed by atoms with Crippen LogP contribution in [0.4, 0.5) is 13.2 Å². The predicted molar refractivity (Wildman–Crippen MR) is 112 cm³/mol. The molecule has 1 aliphatic rings. The number of rotatable bonds is 10. The number of carbonyl (C=O) groups is 4. The average Bonchev–Trinajstić information content (AvgIpc) is 3.08. The fourth-order valence-corrected chi connectivity index (χ4v) is 4.28. The van der Waals surface area contributed by atoms with Crippen LogP contribution >= 0.6 is 21.6 Å². The van der Waals surface area contributed by atoms with Crippen molar-refractivity contribution >= 4 is 45.3 Å². The second kappa shape index (κ2) is 13.8. The number of likely N-dealkylation sites (tertiary alicyclic amines) is 1. The number of pyridine rings is 1. The Hall–Kier alpha value is -2.48. The molecule has 0 saturated carbocycles. The Labute approximate surface area is 189 Å². The lowest BCUT2D eigenvalue weighted by Gasteiger charge is -2.16. The topological polar surface area (TPSA) is 137 Å². The normalized spacial score (nSPS) is 15.7. The van der Waals surface area contributed by atoms with Crippen molar-refractivity contribution in [2.24, 2.45) is 5.92 Å². The number of halogens is 3. The predicted octanol–water partition coefficient (Wildman–Crippen LogP) is 2.04. The Morgan fingerprint density at radius 3 is 2.41 bits per heavy atom. The zero-order valence-electron chi connectivity index (χ0n) is 16.7. The van der Waals surface area contributed by atoms with Gasteiger partial charge in [0, 0.05) is 37.2 Å². The van der Waals surface area contributed by atoms with Gasteiger partial charge in [0.25, 0.3) is 0 Å². The van der Waals surface area contributed by atoms with Crippen molar-refractivity contribution < 1.29 is 42.6 Å². The van der Waals surface area contributed by atoms with E-state index in [0.29, 0.717) is 31.1 Å². The summed E-state index contributed by atoms with van der Waals surface area (Å²) in [6.45, 7) is 1.36. The van der Waals surface area contributed by atoms with Gasteiger partial charge in [0.15, 0.2) is 0 Å². The van der Waals surface area contributed by atoms with Crippen LogP contribution in [0.3, 0.4) is 0 Å². The van der Waals surface area contributed by atoms with Crippen molar-refractivity contribution in [2.75, 3.05) is 24.6 Å². The summed E-state index contributed by atoms with van der Waals surface area (Å²) in [6.07, 6.45) is -3.02. The van der Waals surface area contributed by atoms with Gasteiger partial charge in [-0.2, -0.15) is 13.2 Å². The number of alkyl halides is 3. The molecule has 1 saturated heterocycles. The van der Waals surface area contributed by atoms with E-state index in [-0.39, 0.29) is 30.6 Å². The summed E-state index contributed by atoms with van der Waals surface area (Å²) in [5, 5.41) is 18.5. The molecule has 9 nitrogen and oxygen atoms in total. The van der Waals surface area contributed by atoms with Crippen molar-refractivity contribution in [1.82, 2.24) is 15.2 Å². The minimum absolute atomic E-state index is 0.0237. The molecular formula is C18H22F3N3O6S2. The number of amides is 2. The van der Waals surface area contributed by atoms with Gasteiger partial charge < -0.3 is 20.4 Å².